The highest BCUT2D eigenvalue weighted by Gasteiger charge is 2.24. The van der Waals surface area contributed by atoms with E-state index < -0.39 is 27.6 Å². The summed E-state index contributed by atoms with van der Waals surface area (Å²) in [7, 11) is -3.61. The summed E-state index contributed by atoms with van der Waals surface area (Å²) >= 11 is 0. The van der Waals surface area contributed by atoms with E-state index in [4.69, 9.17) is 0 Å². The molecule has 1 heterocycles. The molecule has 160 valence electrons. The predicted molar refractivity (Wildman–Crippen MR) is 114 cm³/mol. The zero-order chi connectivity index (χ0) is 22.3. The van der Waals surface area contributed by atoms with E-state index >= 15 is 0 Å². The molecular formula is C22H18F2N2O4S. The molecule has 0 spiro atoms. The Balaban J connectivity index is 1.95. The molecule has 9 heteroatoms. The second kappa shape index (κ2) is 7.75. The third-order valence-electron chi connectivity index (χ3n) is 5.11. The summed E-state index contributed by atoms with van der Waals surface area (Å²) in [5.41, 5.74) is 1.09. The molecule has 0 fully saturated rings. The summed E-state index contributed by atoms with van der Waals surface area (Å²) in [5, 5.41) is 11.6. The number of nitrogens with zero attached hydrogens (tertiary/aromatic N) is 1. The number of hydrogen-bond donors (Lipinski definition) is 2. The van der Waals surface area contributed by atoms with Crippen molar-refractivity contribution in [2.75, 3.05) is 6.26 Å². The topological polar surface area (TPSA) is 88.4 Å². The highest BCUT2D eigenvalue weighted by atomic mass is 32.2. The molecule has 4 rings (SSSR count). The van der Waals surface area contributed by atoms with Crippen molar-refractivity contribution in [1.29, 1.82) is 0 Å². The van der Waals surface area contributed by atoms with Crippen molar-refractivity contribution in [2.45, 2.75) is 13.1 Å². The number of fused-ring (bicyclic) bond motifs is 2. The van der Waals surface area contributed by atoms with Gasteiger partial charge in [0.05, 0.1) is 6.26 Å². The van der Waals surface area contributed by atoms with Gasteiger partial charge in [0.15, 0.2) is 0 Å². The number of carboxylic acids is 1. The fraction of sp³-hybridized carbons (Fsp3) is 0.136. The van der Waals surface area contributed by atoms with Gasteiger partial charge in [0, 0.05) is 29.6 Å². The molecule has 4 aromatic rings. The van der Waals surface area contributed by atoms with Gasteiger partial charge in [-0.2, -0.15) is 0 Å². The highest BCUT2D eigenvalue weighted by molar-refractivity contribution is 7.88. The zero-order valence-electron chi connectivity index (χ0n) is 16.4. The lowest BCUT2D eigenvalue weighted by molar-refractivity contribution is 0.0685. The molecule has 6 nitrogen and oxygen atoms in total. The Kier molecular flexibility index (Phi) is 5.24. The average Bonchev–Trinajstić information content (AvgIpc) is 2.99. The molecule has 0 unspecified atom stereocenters. The lowest BCUT2D eigenvalue weighted by Crippen LogP contribution is -2.23. The van der Waals surface area contributed by atoms with Gasteiger partial charge in [0.2, 0.25) is 10.0 Å². The average molecular weight is 444 g/mol. The van der Waals surface area contributed by atoms with Crippen LogP contribution in [-0.2, 0) is 23.1 Å². The maximum absolute atomic E-state index is 14.0. The summed E-state index contributed by atoms with van der Waals surface area (Å²) in [5.74, 6) is -2.28. The quantitative estimate of drug-likeness (QED) is 0.473. The molecule has 0 aliphatic rings. The van der Waals surface area contributed by atoms with Crippen LogP contribution in [-0.4, -0.2) is 30.3 Å². The maximum atomic E-state index is 14.0. The number of carboxylic acid groups (broad SMARTS) is 1. The van der Waals surface area contributed by atoms with Gasteiger partial charge < -0.3 is 9.67 Å². The number of sulfonamides is 1. The van der Waals surface area contributed by atoms with Crippen LogP contribution in [0.4, 0.5) is 8.78 Å². The summed E-state index contributed by atoms with van der Waals surface area (Å²) in [6.07, 6.45) is 0.956. The number of rotatable bonds is 6. The van der Waals surface area contributed by atoms with Crippen LogP contribution in [0.1, 0.15) is 21.6 Å². The summed E-state index contributed by atoms with van der Waals surface area (Å²) in [6, 6.07) is 13.6. The number of aromatic carboxylic acids is 1. The van der Waals surface area contributed by atoms with E-state index in [2.05, 4.69) is 4.72 Å². The van der Waals surface area contributed by atoms with Gasteiger partial charge in [-0.3, -0.25) is 0 Å². The second-order valence-electron chi connectivity index (χ2n) is 7.26. The van der Waals surface area contributed by atoms with Gasteiger partial charge in [-0.15, -0.1) is 0 Å². The second-order valence-corrected chi connectivity index (χ2v) is 9.09. The van der Waals surface area contributed by atoms with Gasteiger partial charge in [-0.1, -0.05) is 24.3 Å². The van der Waals surface area contributed by atoms with E-state index in [1.54, 1.807) is 18.2 Å². The molecule has 3 aromatic carbocycles. The van der Waals surface area contributed by atoms with Gasteiger partial charge in [-0.25, -0.2) is 26.7 Å². The number of aromatic nitrogens is 1. The van der Waals surface area contributed by atoms with Crippen LogP contribution in [0, 0.1) is 11.6 Å². The van der Waals surface area contributed by atoms with Gasteiger partial charge in [-0.05, 0) is 46.7 Å². The Morgan fingerprint density at radius 3 is 2.39 bits per heavy atom. The number of nitrogens with one attached hydrogen (secondary N) is 1. The Morgan fingerprint density at radius 2 is 1.71 bits per heavy atom. The smallest absolute Gasteiger partial charge is 0.352 e. The molecule has 2 N–H and O–H groups in total. The molecule has 0 aliphatic heterocycles. The molecule has 0 saturated carbocycles. The van der Waals surface area contributed by atoms with E-state index in [0.29, 0.717) is 21.9 Å². The van der Waals surface area contributed by atoms with Crippen LogP contribution in [0.5, 0.6) is 0 Å². The first-order valence-electron chi connectivity index (χ1n) is 9.30. The first-order chi connectivity index (χ1) is 14.6. The standard InChI is InChI=1S/C22H18F2N2O4S/c1-31(29,30)25-11-19-18-10-16(24)7-8-20(18)26(21(19)22(27)28)12-14-4-2-3-13-5-6-15(23)9-17(13)14/h2-10,25H,11-12H2,1H3,(H,27,28). The Bertz CT molecular complexity index is 1450. The molecule has 0 aliphatic carbocycles. The molecule has 0 bridgehead atoms. The number of benzene rings is 3. The number of carbonyl (C=O) groups is 1. The van der Waals surface area contributed by atoms with E-state index in [9.17, 15) is 27.1 Å². The molecule has 0 radical (unpaired) electrons. The third-order valence-corrected chi connectivity index (χ3v) is 5.78. The number of halogens is 2. The van der Waals surface area contributed by atoms with Crippen molar-refractivity contribution < 1.29 is 27.1 Å². The van der Waals surface area contributed by atoms with Crippen LogP contribution < -0.4 is 4.72 Å². The van der Waals surface area contributed by atoms with Crippen LogP contribution in [0.2, 0.25) is 0 Å². The van der Waals surface area contributed by atoms with E-state index in [-0.39, 0.29) is 24.3 Å². The zero-order valence-corrected chi connectivity index (χ0v) is 17.2. The minimum atomic E-state index is -3.61. The Morgan fingerprint density at radius 1 is 1.03 bits per heavy atom. The first kappa shape index (κ1) is 21.0. The minimum Gasteiger partial charge on any atom is -0.477 e. The van der Waals surface area contributed by atoms with Crippen molar-refractivity contribution in [3.8, 4) is 0 Å². The molecule has 1 aromatic heterocycles. The summed E-state index contributed by atoms with van der Waals surface area (Å²) in [4.78, 5) is 12.2. The fourth-order valence-corrected chi connectivity index (χ4v) is 4.21. The van der Waals surface area contributed by atoms with Crippen LogP contribution in [0.15, 0.2) is 54.6 Å². The Labute approximate surface area is 176 Å². The normalized spacial score (nSPS) is 12.0. The SMILES string of the molecule is CS(=O)(=O)NCc1c(C(=O)O)n(Cc2cccc3ccc(F)cc23)c2ccc(F)cc12. The molecule has 0 amide bonds. The van der Waals surface area contributed by atoms with Crippen molar-refractivity contribution in [3.63, 3.8) is 0 Å². The lowest BCUT2D eigenvalue weighted by Gasteiger charge is -2.12. The van der Waals surface area contributed by atoms with Crippen LogP contribution in [0.25, 0.3) is 21.7 Å². The predicted octanol–water partition coefficient (Wildman–Crippen LogP) is 3.87. The summed E-state index contributed by atoms with van der Waals surface area (Å²) in [6.45, 7) is -0.235. The van der Waals surface area contributed by atoms with Crippen LogP contribution >= 0.6 is 0 Å². The van der Waals surface area contributed by atoms with E-state index in [1.807, 2.05) is 6.07 Å². The Hall–Kier alpha value is -3.30. The third kappa shape index (κ3) is 4.14. The van der Waals surface area contributed by atoms with Crippen LogP contribution in [0.3, 0.4) is 0 Å². The van der Waals surface area contributed by atoms with Gasteiger partial charge in [0.25, 0.3) is 0 Å². The van der Waals surface area contributed by atoms with E-state index in [0.717, 1.165) is 11.6 Å². The summed E-state index contributed by atoms with van der Waals surface area (Å²) < 4.78 is 54.8. The largest absolute Gasteiger partial charge is 0.477 e. The molecule has 0 saturated heterocycles. The lowest BCUT2D eigenvalue weighted by atomic mass is 10.0. The number of hydrogen-bond acceptors (Lipinski definition) is 3. The van der Waals surface area contributed by atoms with Crippen molar-refractivity contribution in [1.82, 2.24) is 9.29 Å². The fourth-order valence-electron chi connectivity index (χ4n) is 3.81. The van der Waals surface area contributed by atoms with Crippen molar-refractivity contribution >= 4 is 37.7 Å². The van der Waals surface area contributed by atoms with Crippen molar-refractivity contribution in [3.05, 3.63) is 83.1 Å². The monoisotopic (exact) mass is 444 g/mol. The van der Waals surface area contributed by atoms with Gasteiger partial charge in [0.1, 0.15) is 17.3 Å². The highest BCUT2D eigenvalue weighted by Crippen LogP contribution is 2.30. The molecule has 0 atom stereocenters. The molecule has 31 heavy (non-hydrogen) atoms. The van der Waals surface area contributed by atoms with Gasteiger partial charge >= 0.3 is 5.97 Å². The van der Waals surface area contributed by atoms with Crippen molar-refractivity contribution in [2.24, 2.45) is 0 Å². The minimum absolute atomic E-state index is 0.0729. The van der Waals surface area contributed by atoms with E-state index in [1.165, 1.54) is 34.9 Å². The first-order valence-corrected chi connectivity index (χ1v) is 11.2. The molecular weight excluding hydrogens is 426 g/mol. The maximum Gasteiger partial charge on any atom is 0.352 e.